The first-order chi connectivity index (χ1) is 8.08. The van der Waals surface area contributed by atoms with E-state index in [0.29, 0.717) is 6.42 Å². The van der Waals surface area contributed by atoms with Crippen LogP contribution in [0.3, 0.4) is 0 Å². The predicted molar refractivity (Wildman–Crippen MR) is 67.4 cm³/mol. The first-order valence-electron chi connectivity index (χ1n) is 4.98. The van der Waals surface area contributed by atoms with Gasteiger partial charge in [0.05, 0.1) is 16.7 Å². The molecule has 2 rings (SSSR count). The lowest BCUT2D eigenvalue weighted by Crippen LogP contribution is -2.02. The quantitative estimate of drug-likeness (QED) is 0.946. The standard InChI is InChI=1S/C11H10BrFN2OS/c1-6-11(17-15-14-6)10(16)5-7-4-8(13)2-3-9(7)12/h2-4,10,16H,5H2,1H3. The largest absolute Gasteiger partial charge is 0.387 e. The Labute approximate surface area is 111 Å². The van der Waals surface area contributed by atoms with Gasteiger partial charge in [0.15, 0.2) is 0 Å². The summed E-state index contributed by atoms with van der Waals surface area (Å²) in [5.41, 5.74) is 1.44. The Morgan fingerprint density at radius 1 is 1.53 bits per heavy atom. The number of rotatable bonds is 3. The fraction of sp³-hybridized carbons (Fsp3) is 0.273. The van der Waals surface area contributed by atoms with Crippen LogP contribution in [0, 0.1) is 12.7 Å². The van der Waals surface area contributed by atoms with Gasteiger partial charge in [0.25, 0.3) is 0 Å². The number of aromatic nitrogens is 2. The first-order valence-corrected chi connectivity index (χ1v) is 6.55. The lowest BCUT2D eigenvalue weighted by molar-refractivity contribution is 0.181. The van der Waals surface area contributed by atoms with Crippen molar-refractivity contribution in [1.82, 2.24) is 9.59 Å². The van der Waals surface area contributed by atoms with Crippen LogP contribution < -0.4 is 0 Å². The number of nitrogens with zero attached hydrogens (tertiary/aromatic N) is 2. The molecule has 0 aliphatic rings. The molecule has 2 aromatic rings. The highest BCUT2D eigenvalue weighted by atomic mass is 79.9. The van der Waals surface area contributed by atoms with Gasteiger partial charge in [0.2, 0.25) is 0 Å². The van der Waals surface area contributed by atoms with Crippen molar-refractivity contribution in [2.45, 2.75) is 19.4 Å². The third-order valence-electron chi connectivity index (χ3n) is 2.41. The molecule has 90 valence electrons. The van der Waals surface area contributed by atoms with Gasteiger partial charge in [0.1, 0.15) is 5.82 Å². The summed E-state index contributed by atoms with van der Waals surface area (Å²) in [6, 6.07) is 4.42. The zero-order chi connectivity index (χ0) is 12.4. The average molecular weight is 317 g/mol. The number of benzene rings is 1. The van der Waals surface area contributed by atoms with E-state index < -0.39 is 6.10 Å². The van der Waals surface area contributed by atoms with E-state index in [9.17, 15) is 9.50 Å². The van der Waals surface area contributed by atoms with Crippen LogP contribution in [0.15, 0.2) is 22.7 Å². The van der Waals surface area contributed by atoms with Crippen LogP contribution in [0.4, 0.5) is 4.39 Å². The fourth-order valence-corrected chi connectivity index (χ4v) is 2.58. The zero-order valence-electron chi connectivity index (χ0n) is 9.02. The third kappa shape index (κ3) is 2.88. The van der Waals surface area contributed by atoms with Gasteiger partial charge in [-0.3, -0.25) is 0 Å². The van der Waals surface area contributed by atoms with Crippen molar-refractivity contribution in [3.8, 4) is 0 Å². The van der Waals surface area contributed by atoms with Gasteiger partial charge >= 0.3 is 0 Å². The maximum atomic E-state index is 13.1. The van der Waals surface area contributed by atoms with E-state index in [2.05, 4.69) is 25.5 Å². The van der Waals surface area contributed by atoms with Crippen LogP contribution in [0.25, 0.3) is 0 Å². The molecule has 0 saturated carbocycles. The number of aliphatic hydroxyl groups excluding tert-OH is 1. The molecule has 17 heavy (non-hydrogen) atoms. The Hall–Kier alpha value is -0.850. The molecule has 6 heteroatoms. The van der Waals surface area contributed by atoms with Gasteiger partial charge in [-0.15, -0.1) is 5.10 Å². The minimum atomic E-state index is -0.701. The highest BCUT2D eigenvalue weighted by Crippen LogP contribution is 2.27. The van der Waals surface area contributed by atoms with Crippen molar-refractivity contribution in [2.75, 3.05) is 0 Å². The summed E-state index contributed by atoms with van der Waals surface area (Å²) in [4.78, 5) is 0.723. The SMILES string of the molecule is Cc1nnsc1C(O)Cc1cc(F)ccc1Br. The Balaban J connectivity index is 2.21. The van der Waals surface area contributed by atoms with Crippen LogP contribution in [0.2, 0.25) is 0 Å². The molecule has 1 N–H and O–H groups in total. The molecule has 1 unspecified atom stereocenters. The molecule has 1 aromatic heterocycles. The number of aryl methyl sites for hydroxylation is 1. The third-order valence-corrected chi connectivity index (χ3v) is 4.11. The molecular formula is C11H10BrFN2OS. The highest BCUT2D eigenvalue weighted by molar-refractivity contribution is 9.10. The van der Waals surface area contributed by atoms with E-state index in [1.54, 1.807) is 13.0 Å². The topological polar surface area (TPSA) is 46.0 Å². The zero-order valence-corrected chi connectivity index (χ0v) is 11.4. The molecule has 0 radical (unpaired) electrons. The maximum Gasteiger partial charge on any atom is 0.123 e. The van der Waals surface area contributed by atoms with Crippen molar-refractivity contribution in [1.29, 1.82) is 0 Å². The van der Waals surface area contributed by atoms with Crippen LogP contribution in [-0.2, 0) is 6.42 Å². The van der Waals surface area contributed by atoms with E-state index in [4.69, 9.17) is 0 Å². The van der Waals surface area contributed by atoms with Crippen molar-refractivity contribution < 1.29 is 9.50 Å². The summed E-state index contributed by atoms with van der Waals surface area (Å²) >= 11 is 4.50. The average Bonchev–Trinajstić information content (AvgIpc) is 2.70. The Bertz CT molecular complexity index is 532. The number of hydrogen-bond donors (Lipinski definition) is 1. The lowest BCUT2D eigenvalue weighted by atomic mass is 10.1. The summed E-state index contributed by atoms with van der Waals surface area (Å²) in [7, 11) is 0. The second-order valence-electron chi connectivity index (χ2n) is 3.68. The van der Waals surface area contributed by atoms with Crippen LogP contribution in [0.5, 0.6) is 0 Å². The second kappa shape index (κ2) is 5.20. The fourth-order valence-electron chi connectivity index (χ4n) is 1.54. The molecule has 1 heterocycles. The van der Waals surface area contributed by atoms with Crippen LogP contribution in [0.1, 0.15) is 22.2 Å². The van der Waals surface area contributed by atoms with E-state index in [-0.39, 0.29) is 5.82 Å². The summed E-state index contributed by atoms with van der Waals surface area (Å²) in [6.07, 6.45) is -0.364. The van der Waals surface area contributed by atoms with Crippen molar-refractivity contribution in [2.24, 2.45) is 0 Å². The van der Waals surface area contributed by atoms with Gasteiger partial charge in [-0.05, 0) is 42.2 Å². The molecule has 0 spiro atoms. The van der Waals surface area contributed by atoms with Crippen LogP contribution in [-0.4, -0.2) is 14.7 Å². The molecule has 0 aliphatic carbocycles. The molecule has 1 aromatic carbocycles. The predicted octanol–water partition coefficient (Wildman–Crippen LogP) is 3.02. The van der Waals surface area contributed by atoms with E-state index in [0.717, 1.165) is 20.6 Å². The van der Waals surface area contributed by atoms with Gasteiger partial charge < -0.3 is 5.11 Å². The van der Waals surface area contributed by atoms with Gasteiger partial charge in [-0.1, -0.05) is 20.4 Å². The molecule has 0 saturated heterocycles. The van der Waals surface area contributed by atoms with E-state index >= 15 is 0 Å². The summed E-state index contributed by atoms with van der Waals surface area (Å²) in [5, 5.41) is 13.9. The summed E-state index contributed by atoms with van der Waals surface area (Å²) < 4.78 is 17.7. The van der Waals surface area contributed by atoms with Crippen molar-refractivity contribution in [3.05, 3.63) is 44.6 Å². The number of hydrogen-bond acceptors (Lipinski definition) is 4. The monoisotopic (exact) mass is 316 g/mol. The lowest BCUT2D eigenvalue weighted by Gasteiger charge is -2.10. The summed E-state index contributed by atoms with van der Waals surface area (Å²) in [6.45, 7) is 1.79. The molecule has 0 aliphatic heterocycles. The van der Waals surface area contributed by atoms with Crippen LogP contribution >= 0.6 is 27.5 Å². The molecular weight excluding hydrogens is 307 g/mol. The van der Waals surface area contributed by atoms with Gasteiger partial charge in [-0.2, -0.15) is 0 Å². The molecule has 0 bridgehead atoms. The summed E-state index contributed by atoms with van der Waals surface area (Å²) in [5.74, 6) is -0.311. The van der Waals surface area contributed by atoms with Gasteiger partial charge in [-0.25, -0.2) is 4.39 Å². The highest BCUT2D eigenvalue weighted by Gasteiger charge is 2.16. The Morgan fingerprint density at radius 3 is 2.94 bits per heavy atom. The first kappa shape index (κ1) is 12.6. The molecule has 0 fully saturated rings. The van der Waals surface area contributed by atoms with Crippen molar-refractivity contribution in [3.63, 3.8) is 0 Å². The normalized spacial score (nSPS) is 12.7. The maximum absolute atomic E-state index is 13.1. The molecule has 3 nitrogen and oxygen atoms in total. The Morgan fingerprint density at radius 2 is 2.29 bits per heavy atom. The molecule has 1 atom stereocenters. The second-order valence-corrected chi connectivity index (χ2v) is 5.32. The Kier molecular flexibility index (Phi) is 3.86. The van der Waals surface area contributed by atoms with E-state index in [1.807, 2.05) is 0 Å². The van der Waals surface area contributed by atoms with Gasteiger partial charge in [0, 0.05) is 10.9 Å². The van der Waals surface area contributed by atoms with Crippen molar-refractivity contribution >= 4 is 27.5 Å². The number of aliphatic hydroxyl groups is 1. The van der Waals surface area contributed by atoms with E-state index in [1.165, 1.54) is 23.7 Å². The minimum absolute atomic E-state index is 0.311. The molecule has 0 amide bonds. The number of halogens is 2. The minimum Gasteiger partial charge on any atom is -0.387 e. The smallest absolute Gasteiger partial charge is 0.123 e.